The molecule has 1 atom stereocenters. The van der Waals surface area contributed by atoms with Gasteiger partial charge in [0.05, 0.1) is 19.8 Å². The average molecular weight is 326 g/mol. The topological polar surface area (TPSA) is 70.7 Å². The number of halogens is 1. The summed E-state index contributed by atoms with van der Waals surface area (Å²) in [6, 6.07) is 6.90. The number of likely N-dealkylation sites (N-methyl/N-ethyl adjacent to an activating group) is 1. The molecule has 120 valence electrons. The van der Waals surface area contributed by atoms with Gasteiger partial charge in [0.1, 0.15) is 0 Å². The Kier molecular flexibility index (Phi) is 6.18. The smallest absolute Gasteiger partial charge is 0.243 e. The molecule has 1 aromatic rings. The first-order valence-corrected chi connectivity index (χ1v) is 7.53. The van der Waals surface area contributed by atoms with E-state index in [2.05, 4.69) is 10.6 Å². The van der Waals surface area contributed by atoms with Crippen LogP contribution in [0, 0.1) is 0 Å². The molecule has 1 saturated heterocycles. The van der Waals surface area contributed by atoms with Crippen LogP contribution in [0.2, 0.25) is 5.02 Å². The van der Waals surface area contributed by atoms with E-state index in [-0.39, 0.29) is 24.4 Å². The van der Waals surface area contributed by atoms with Crippen LogP contribution in [0.25, 0.3) is 0 Å². The van der Waals surface area contributed by atoms with Crippen LogP contribution in [-0.2, 0) is 14.3 Å². The summed E-state index contributed by atoms with van der Waals surface area (Å²) >= 11 is 5.86. The van der Waals surface area contributed by atoms with E-state index < -0.39 is 0 Å². The summed E-state index contributed by atoms with van der Waals surface area (Å²) < 4.78 is 5.31. The van der Waals surface area contributed by atoms with Gasteiger partial charge in [-0.3, -0.25) is 9.59 Å². The number of nitrogens with zero attached hydrogens (tertiary/aromatic N) is 1. The minimum atomic E-state index is -0.258. The summed E-state index contributed by atoms with van der Waals surface area (Å²) in [5, 5.41) is 6.48. The molecule has 0 aliphatic carbocycles. The molecule has 0 radical (unpaired) electrons. The molecule has 2 amide bonds. The Bertz CT molecular complexity index is 533. The molecule has 1 fully saturated rings. The molecular weight excluding hydrogens is 306 g/mol. The fourth-order valence-corrected chi connectivity index (χ4v) is 2.38. The zero-order chi connectivity index (χ0) is 15.9. The Labute approximate surface area is 134 Å². The van der Waals surface area contributed by atoms with Crippen molar-refractivity contribution < 1.29 is 14.3 Å². The van der Waals surface area contributed by atoms with Crippen LogP contribution in [0.1, 0.15) is 6.42 Å². The van der Waals surface area contributed by atoms with Crippen molar-refractivity contribution in [3.8, 4) is 0 Å². The lowest BCUT2D eigenvalue weighted by Crippen LogP contribution is -2.45. The molecular formula is C15H20ClN3O3. The molecule has 7 heteroatoms. The second-order valence-corrected chi connectivity index (χ2v) is 5.67. The van der Waals surface area contributed by atoms with Gasteiger partial charge < -0.3 is 20.3 Å². The first kappa shape index (κ1) is 16.7. The van der Waals surface area contributed by atoms with Crippen LogP contribution in [0.15, 0.2) is 24.3 Å². The molecule has 22 heavy (non-hydrogen) atoms. The molecule has 1 heterocycles. The van der Waals surface area contributed by atoms with Crippen molar-refractivity contribution in [2.24, 2.45) is 0 Å². The summed E-state index contributed by atoms with van der Waals surface area (Å²) in [5.41, 5.74) is 0.612. The van der Waals surface area contributed by atoms with E-state index in [1.54, 1.807) is 31.3 Å². The normalized spacial score (nSPS) is 17.8. The van der Waals surface area contributed by atoms with Crippen molar-refractivity contribution >= 4 is 29.1 Å². The molecule has 1 aliphatic rings. The highest BCUT2D eigenvalue weighted by Gasteiger charge is 2.20. The lowest BCUT2D eigenvalue weighted by Gasteiger charge is -2.25. The number of morpholine rings is 1. The summed E-state index contributed by atoms with van der Waals surface area (Å²) in [6.07, 6.45) is 0.320. The Morgan fingerprint density at radius 3 is 3.00 bits per heavy atom. The molecule has 0 saturated carbocycles. The van der Waals surface area contributed by atoms with Gasteiger partial charge in [-0.2, -0.15) is 0 Å². The Morgan fingerprint density at radius 1 is 1.50 bits per heavy atom. The molecule has 0 spiro atoms. The van der Waals surface area contributed by atoms with E-state index in [1.165, 1.54) is 4.90 Å². The summed E-state index contributed by atoms with van der Waals surface area (Å²) in [6.45, 7) is 1.94. The number of nitrogens with one attached hydrogen (secondary N) is 2. The lowest BCUT2D eigenvalue weighted by atomic mass is 10.2. The minimum absolute atomic E-state index is 0.00107. The third-order valence-electron chi connectivity index (χ3n) is 3.33. The van der Waals surface area contributed by atoms with Crippen molar-refractivity contribution in [2.75, 3.05) is 38.7 Å². The number of anilines is 1. The van der Waals surface area contributed by atoms with Gasteiger partial charge in [-0.15, -0.1) is 0 Å². The van der Waals surface area contributed by atoms with E-state index in [4.69, 9.17) is 16.3 Å². The van der Waals surface area contributed by atoms with E-state index in [0.29, 0.717) is 30.3 Å². The Hall–Kier alpha value is -1.63. The maximum absolute atomic E-state index is 12.1. The van der Waals surface area contributed by atoms with Crippen molar-refractivity contribution in [3.05, 3.63) is 29.3 Å². The van der Waals surface area contributed by atoms with Crippen LogP contribution in [0.3, 0.4) is 0 Å². The van der Waals surface area contributed by atoms with E-state index in [1.807, 2.05) is 0 Å². The lowest BCUT2D eigenvalue weighted by molar-refractivity contribution is -0.134. The molecule has 1 aliphatic heterocycles. The largest absolute Gasteiger partial charge is 0.378 e. The molecule has 6 nitrogen and oxygen atoms in total. The summed E-state index contributed by atoms with van der Waals surface area (Å²) in [5.74, 6) is -0.352. The predicted octanol–water partition coefficient (Wildman–Crippen LogP) is 1.12. The fourth-order valence-electron chi connectivity index (χ4n) is 2.19. The number of benzene rings is 1. The number of hydrogen-bond donors (Lipinski definition) is 2. The number of ether oxygens (including phenoxy) is 1. The van der Waals surface area contributed by atoms with Gasteiger partial charge in [0, 0.05) is 36.8 Å². The van der Waals surface area contributed by atoms with Gasteiger partial charge in [-0.05, 0) is 18.2 Å². The molecule has 2 rings (SSSR count). The van der Waals surface area contributed by atoms with Gasteiger partial charge in [0.15, 0.2) is 0 Å². The number of hydrogen-bond acceptors (Lipinski definition) is 4. The molecule has 1 aromatic carbocycles. The van der Waals surface area contributed by atoms with Crippen LogP contribution in [-0.4, -0.2) is 56.1 Å². The average Bonchev–Trinajstić information content (AvgIpc) is 2.48. The highest BCUT2D eigenvalue weighted by Crippen LogP contribution is 2.14. The Balaban J connectivity index is 1.78. The van der Waals surface area contributed by atoms with Crippen molar-refractivity contribution in [1.82, 2.24) is 10.2 Å². The van der Waals surface area contributed by atoms with Crippen molar-refractivity contribution in [3.63, 3.8) is 0 Å². The quantitative estimate of drug-likeness (QED) is 0.851. The zero-order valence-corrected chi connectivity index (χ0v) is 13.2. The van der Waals surface area contributed by atoms with Crippen molar-refractivity contribution in [1.29, 1.82) is 0 Å². The van der Waals surface area contributed by atoms with Gasteiger partial charge in [-0.1, -0.05) is 17.7 Å². The third kappa shape index (κ3) is 5.29. The summed E-state index contributed by atoms with van der Waals surface area (Å²) in [7, 11) is 1.61. The van der Waals surface area contributed by atoms with E-state index in [9.17, 15) is 9.59 Å². The van der Waals surface area contributed by atoms with Crippen LogP contribution in [0.5, 0.6) is 0 Å². The summed E-state index contributed by atoms with van der Waals surface area (Å²) in [4.78, 5) is 25.4. The molecule has 0 aromatic heterocycles. The van der Waals surface area contributed by atoms with Gasteiger partial charge >= 0.3 is 0 Å². The van der Waals surface area contributed by atoms with E-state index in [0.717, 1.165) is 6.54 Å². The number of carbonyl (C=O) groups is 2. The highest BCUT2D eigenvalue weighted by atomic mass is 35.5. The monoisotopic (exact) mass is 325 g/mol. The number of amides is 2. The number of rotatable bonds is 5. The fraction of sp³-hybridized carbons (Fsp3) is 0.467. The molecule has 1 unspecified atom stereocenters. The van der Waals surface area contributed by atoms with Gasteiger partial charge in [-0.25, -0.2) is 0 Å². The molecule has 0 bridgehead atoms. The maximum Gasteiger partial charge on any atom is 0.243 e. The van der Waals surface area contributed by atoms with E-state index >= 15 is 0 Å². The van der Waals surface area contributed by atoms with Crippen LogP contribution in [0.4, 0.5) is 5.69 Å². The second-order valence-electron chi connectivity index (χ2n) is 5.24. The van der Waals surface area contributed by atoms with Crippen LogP contribution >= 0.6 is 11.6 Å². The first-order valence-electron chi connectivity index (χ1n) is 7.15. The zero-order valence-electron chi connectivity index (χ0n) is 12.5. The maximum atomic E-state index is 12.1. The van der Waals surface area contributed by atoms with Crippen molar-refractivity contribution in [2.45, 2.75) is 12.5 Å². The number of carbonyl (C=O) groups excluding carboxylic acids is 2. The highest BCUT2D eigenvalue weighted by molar-refractivity contribution is 6.30. The standard InChI is InChI=1S/C15H20ClN3O3/c1-19(15(21)8-13-10-22-6-5-17-13)9-14(20)18-12-4-2-3-11(16)7-12/h2-4,7,13,17H,5-6,8-10H2,1H3,(H,18,20). The first-order chi connectivity index (χ1) is 10.5. The predicted molar refractivity (Wildman–Crippen MR) is 84.9 cm³/mol. The molecule has 2 N–H and O–H groups in total. The van der Waals surface area contributed by atoms with Gasteiger partial charge in [0.2, 0.25) is 11.8 Å². The van der Waals surface area contributed by atoms with Crippen LogP contribution < -0.4 is 10.6 Å². The van der Waals surface area contributed by atoms with Gasteiger partial charge in [0.25, 0.3) is 0 Å². The third-order valence-corrected chi connectivity index (χ3v) is 3.57. The SMILES string of the molecule is CN(CC(=O)Nc1cccc(Cl)c1)C(=O)CC1COCCN1. The second kappa shape index (κ2) is 8.12. The Morgan fingerprint density at radius 2 is 2.32 bits per heavy atom. The minimum Gasteiger partial charge on any atom is -0.378 e.